The third-order valence-corrected chi connectivity index (χ3v) is 12.3. The van der Waals surface area contributed by atoms with E-state index in [1.54, 1.807) is 0 Å². The molecule has 0 aliphatic carbocycles. The van der Waals surface area contributed by atoms with Crippen molar-refractivity contribution in [2.45, 2.75) is 19.6 Å². The van der Waals surface area contributed by atoms with Crippen LogP contribution in [0.2, 0.25) is 0 Å². The molecule has 9 rings (SSSR count). The lowest BCUT2D eigenvalue weighted by Crippen LogP contribution is -2.16. The van der Waals surface area contributed by atoms with Gasteiger partial charge in [-0.3, -0.25) is 0 Å². The molecule has 0 amide bonds. The fourth-order valence-corrected chi connectivity index (χ4v) is 9.99. The summed E-state index contributed by atoms with van der Waals surface area (Å²) in [6, 6.07) is 57.6. The van der Waals surface area contributed by atoms with Crippen molar-refractivity contribution in [2.75, 3.05) is 11.2 Å². The van der Waals surface area contributed by atoms with E-state index in [0.29, 0.717) is 17.2 Å². The van der Waals surface area contributed by atoms with Crippen molar-refractivity contribution in [2.24, 2.45) is 0 Å². The van der Waals surface area contributed by atoms with E-state index in [1.807, 2.05) is 48.2 Å². The molecule has 0 aromatic heterocycles. The first-order valence-electron chi connectivity index (χ1n) is 15.9. The molecule has 7 aromatic carbocycles. The van der Waals surface area contributed by atoms with Crippen molar-refractivity contribution in [3.8, 4) is 45.3 Å². The largest absolute Gasteiger partial charge is 0.449 e. The van der Waals surface area contributed by atoms with Gasteiger partial charge in [-0.25, -0.2) is 0 Å². The average Bonchev–Trinajstić information content (AvgIpc) is 3.15. The minimum Gasteiger partial charge on any atom is -0.449 e. The number of para-hydroxylation sites is 3. The van der Waals surface area contributed by atoms with Crippen LogP contribution >= 0.6 is 11.8 Å². The molecule has 2 aliphatic heterocycles. The van der Waals surface area contributed by atoms with Crippen LogP contribution in [0.15, 0.2) is 183 Å². The van der Waals surface area contributed by atoms with E-state index in [-0.39, 0.29) is 10.9 Å². The van der Waals surface area contributed by atoms with Gasteiger partial charge in [0.05, 0.1) is 32.1 Å². The number of hydrogen-bond acceptors (Lipinski definition) is 4. The van der Waals surface area contributed by atoms with Crippen LogP contribution in [-0.2, 0) is 10.9 Å². The molecule has 1 unspecified atom stereocenters. The Balaban J connectivity index is 1.18. The van der Waals surface area contributed by atoms with Crippen molar-refractivity contribution in [3.63, 3.8) is 0 Å². The van der Waals surface area contributed by atoms with Gasteiger partial charge in [-0.1, -0.05) is 109 Å². The minimum absolute atomic E-state index is 0.0616. The molecule has 1 atom stereocenters. The summed E-state index contributed by atoms with van der Waals surface area (Å²) in [6.45, 7) is 0. The number of anilines is 3. The molecular weight excluding hydrogens is 627 g/mol. The Bertz CT molecular complexity index is 2300. The quantitative estimate of drug-likeness (QED) is 0.172. The minimum atomic E-state index is -0.0616. The van der Waals surface area contributed by atoms with Crippen LogP contribution in [0, 0.1) is 0 Å². The van der Waals surface area contributed by atoms with Crippen LogP contribution in [0.5, 0.6) is 23.0 Å². The zero-order chi connectivity index (χ0) is 32.0. The van der Waals surface area contributed by atoms with Crippen molar-refractivity contribution < 1.29 is 9.47 Å². The van der Waals surface area contributed by atoms with E-state index in [4.69, 9.17) is 9.47 Å². The Morgan fingerprint density at radius 1 is 0.479 bits per heavy atom. The molecule has 0 spiro atoms. The van der Waals surface area contributed by atoms with E-state index >= 15 is 0 Å². The van der Waals surface area contributed by atoms with Crippen LogP contribution in [0.4, 0.5) is 17.1 Å². The zero-order valence-electron chi connectivity index (χ0n) is 26.2. The summed E-state index contributed by atoms with van der Waals surface area (Å²) in [5, 5.41) is 0. The monoisotopic (exact) mass is 656 g/mol. The molecule has 0 saturated heterocycles. The molecule has 2 aliphatic rings. The van der Waals surface area contributed by atoms with E-state index in [0.717, 1.165) is 28.4 Å². The van der Waals surface area contributed by atoms with Crippen LogP contribution < -0.4 is 14.4 Å². The summed E-state index contributed by atoms with van der Waals surface area (Å²) in [7, 11) is -0.0616. The van der Waals surface area contributed by atoms with Gasteiger partial charge in [0, 0.05) is 5.69 Å². The Kier molecular flexibility index (Phi) is 7.22. The third-order valence-electron chi connectivity index (χ3n) is 8.83. The van der Waals surface area contributed by atoms with Gasteiger partial charge in [-0.15, -0.1) is 0 Å². The van der Waals surface area contributed by atoms with E-state index < -0.39 is 0 Å². The maximum atomic E-state index is 6.63. The Morgan fingerprint density at radius 2 is 1.06 bits per heavy atom. The molecule has 48 heavy (non-hydrogen) atoms. The summed E-state index contributed by atoms with van der Waals surface area (Å²) in [5.41, 5.74) is 7.83. The van der Waals surface area contributed by atoms with Gasteiger partial charge in [0.15, 0.2) is 32.8 Å². The smallest absolute Gasteiger partial charge is 0.194 e. The number of rotatable bonds is 5. The summed E-state index contributed by atoms with van der Waals surface area (Å²) in [6.07, 6.45) is 2.34. The van der Waals surface area contributed by atoms with Gasteiger partial charge in [0.1, 0.15) is 6.26 Å². The van der Waals surface area contributed by atoms with Crippen LogP contribution in [0.1, 0.15) is 0 Å². The topological polar surface area (TPSA) is 21.7 Å². The number of ether oxygens (including phenoxy) is 2. The van der Waals surface area contributed by atoms with Gasteiger partial charge < -0.3 is 14.4 Å². The highest BCUT2D eigenvalue weighted by molar-refractivity contribution is 8.03. The standard InChI is InChI=1S/C43H30NO2S2/c1-48-40-22-8-7-21-39(40)47-43-35(17-11-23-41(43)48)44(34-16-10-20-38-42(34)46-37-19-6-5-18-36(37)45-38)33-26-24-30(25-27-33)32-15-9-14-31(28-32)29-12-3-2-4-13-29/h2-28H,1H3/q+1. The highest BCUT2D eigenvalue weighted by atomic mass is 32.2. The second kappa shape index (κ2) is 12.0. The van der Waals surface area contributed by atoms with Crippen molar-refractivity contribution in [3.05, 3.63) is 164 Å². The number of nitrogens with zero attached hydrogens (tertiary/aromatic N) is 1. The van der Waals surface area contributed by atoms with Gasteiger partial charge in [-0.2, -0.15) is 0 Å². The molecule has 0 radical (unpaired) electrons. The molecule has 0 N–H and O–H groups in total. The van der Waals surface area contributed by atoms with Crippen LogP contribution in [0.25, 0.3) is 22.3 Å². The molecule has 7 aromatic rings. The molecular formula is C43H30NO2S2+. The van der Waals surface area contributed by atoms with Crippen molar-refractivity contribution >= 4 is 39.7 Å². The lowest BCUT2D eigenvalue weighted by Gasteiger charge is -2.32. The zero-order valence-corrected chi connectivity index (χ0v) is 27.8. The fraction of sp³-hybridized carbons (Fsp3) is 0.0233. The number of fused-ring (bicyclic) bond motifs is 4. The predicted molar refractivity (Wildman–Crippen MR) is 199 cm³/mol. The Morgan fingerprint density at radius 3 is 1.88 bits per heavy atom. The Labute approximate surface area is 287 Å². The van der Waals surface area contributed by atoms with Gasteiger partial charge in [-0.05, 0) is 89.0 Å². The third kappa shape index (κ3) is 5.03. The predicted octanol–water partition coefficient (Wildman–Crippen LogP) is 12.5. The normalized spacial score (nSPS) is 14.0. The molecule has 230 valence electrons. The van der Waals surface area contributed by atoms with E-state index in [2.05, 4.69) is 139 Å². The first-order chi connectivity index (χ1) is 23.7. The maximum Gasteiger partial charge on any atom is 0.194 e. The Hall–Kier alpha value is -5.36. The number of benzene rings is 7. The first kappa shape index (κ1) is 28.8. The average molecular weight is 657 g/mol. The molecule has 3 nitrogen and oxygen atoms in total. The van der Waals surface area contributed by atoms with Crippen molar-refractivity contribution in [1.29, 1.82) is 0 Å². The van der Waals surface area contributed by atoms with Gasteiger partial charge in [0.2, 0.25) is 0 Å². The lowest BCUT2D eigenvalue weighted by molar-refractivity contribution is 0.360. The van der Waals surface area contributed by atoms with Gasteiger partial charge >= 0.3 is 0 Å². The highest BCUT2D eigenvalue weighted by Crippen LogP contribution is 2.56. The number of hydrogen-bond donors (Lipinski definition) is 0. The second-order valence-electron chi connectivity index (χ2n) is 11.7. The molecule has 5 heteroatoms. The van der Waals surface area contributed by atoms with Crippen molar-refractivity contribution in [1.82, 2.24) is 0 Å². The highest BCUT2D eigenvalue weighted by Gasteiger charge is 2.36. The second-order valence-corrected chi connectivity index (χ2v) is 14.7. The molecule has 2 heterocycles. The van der Waals surface area contributed by atoms with Crippen LogP contribution in [-0.4, -0.2) is 6.26 Å². The fourth-order valence-electron chi connectivity index (χ4n) is 6.47. The lowest BCUT2D eigenvalue weighted by atomic mass is 9.99. The summed E-state index contributed by atoms with van der Waals surface area (Å²) in [4.78, 5) is 7.64. The first-order valence-corrected chi connectivity index (χ1v) is 18.4. The van der Waals surface area contributed by atoms with E-state index in [1.165, 1.54) is 36.3 Å². The maximum absolute atomic E-state index is 6.63. The van der Waals surface area contributed by atoms with Crippen LogP contribution in [0.3, 0.4) is 0 Å². The summed E-state index contributed by atoms with van der Waals surface area (Å²) < 4.78 is 13.0. The summed E-state index contributed by atoms with van der Waals surface area (Å²) >= 11 is 1.85. The SMILES string of the molecule is C[S+]1c2ccccc2Sc2c(N(c3ccc(-c4cccc(-c5ccccc5)c4)cc3)c3cccc4c3Oc3ccccc3O4)cccc21. The van der Waals surface area contributed by atoms with Gasteiger partial charge in [0.25, 0.3) is 0 Å². The van der Waals surface area contributed by atoms with E-state index in [9.17, 15) is 0 Å². The summed E-state index contributed by atoms with van der Waals surface area (Å²) in [5.74, 6) is 2.82. The molecule has 0 bridgehead atoms. The molecule has 0 saturated carbocycles. The molecule has 0 fully saturated rings.